The maximum atomic E-state index is 12.3. The average molecular weight is 879 g/mol. The van der Waals surface area contributed by atoms with E-state index in [0.717, 1.165) is 101 Å². The molecule has 11 heteroatoms. The van der Waals surface area contributed by atoms with Gasteiger partial charge >= 0.3 is 5.97 Å². The number of carboxylic acids is 1. The van der Waals surface area contributed by atoms with Crippen LogP contribution in [0.15, 0.2) is 112 Å². The van der Waals surface area contributed by atoms with E-state index in [2.05, 4.69) is 134 Å². The molecular formula is C52H72N5O5S+3. The number of aliphatic carboxylic acids is 1. The van der Waals surface area contributed by atoms with Gasteiger partial charge in [0.2, 0.25) is 5.69 Å². The Morgan fingerprint density at radius 3 is 2.17 bits per heavy atom. The Balaban J connectivity index is 1.46. The molecule has 0 bridgehead atoms. The highest BCUT2D eigenvalue weighted by Gasteiger charge is 2.45. The first kappa shape index (κ1) is 47.7. The number of nitrogens with one attached hydrogen (secondary N) is 1. The number of benzene rings is 3. The molecule has 0 aromatic heterocycles. The molecule has 0 spiro atoms. The van der Waals surface area contributed by atoms with Gasteiger partial charge < -0.3 is 24.3 Å². The molecule has 3 aliphatic rings. The van der Waals surface area contributed by atoms with Crippen LogP contribution in [-0.2, 0) is 32.2 Å². The molecule has 3 aromatic carbocycles. The lowest BCUT2D eigenvalue weighted by Gasteiger charge is -2.29. The van der Waals surface area contributed by atoms with E-state index in [4.69, 9.17) is 0 Å². The SMILES string of the molecule is Cc1ccc2c(c1)C(C)(C)C(=CC=C1CCCC(C=CC3=[N+](CCC[N+](C)(C)C)c4ccc(S(=O)(=O)O)cc4C3(C)C)=C1Nc1ccc(CCC(=O)O)cc1)N2CCC[N+](C)(C)C. The zero-order chi connectivity index (χ0) is 46.1. The molecule has 3 aromatic rings. The van der Waals surface area contributed by atoms with E-state index in [9.17, 15) is 22.9 Å². The third kappa shape index (κ3) is 11.3. The molecular weight excluding hydrogens is 807 g/mol. The lowest BCUT2D eigenvalue weighted by atomic mass is 9.81. The van der Waals surface area contributed by atoms with Gasteiger partial charge in [-0.15, -0.1) is 0 Å². The summed E-state index contributed by atoms with van der Waals surface area (Å²) < 4.78 is 38.8. The lowest BCUT2D eigenvalue weighted by molar-refractivity contribution is -0.871. The number of anilines is 2. The largest absolute Gasteiger partial charge is 0.481 e. The third-order valence-electron chi connectivity index (χ3n) is 12.9. The standard InChI is InChI=1S/C52H69N5O5S/c1-37-17-26-45-43(35-37)51(2,3)47(54(45)31-13-33-56(6,7)8)28-21-39-15-12-16-40(50(39)53-41-23-18-38(19-24-41)20-30-49(58)59)22-29-48-52(4,5)44-36-42(63(60,61)62)25-27-46(44)55(48)32-14-34-57(9,10)11/h17-19,21-29,35-36H,12-16,20,30-34H2,1-11H3/p+3. The van der Waals surface area contributed by atoms with Crippen LogP contribution in [0.2, 0.25) is 0 Å². The van der Waals surface area contributed by atoms with E-state index >= 15 is 0 Å². The van der Waals surface area contributed by atoms with Gasteiger partial charge in [0.05, 0.1) is 72.1 Å². The summed E-state index contributed by atoms with van der Waals surface area (Å²) in [6.45, 7) is 14.9. The normalized spacial score (nSPS) is 18.8. The van der Waals surface area contributed by atoms with Gasteiger partial charge in [-0.25, -0.2) is 0 Å². The summed E-state index contributed by atoms with van der Waals surface area (Å²) in [4.78, 5) is 13.8. The molecule has 3 N–H and O–H groups in total. The molecule has 338 valence electrons. The van der Waals surface area contributed by atoms with Crippen LogP contribution in [0.25, 0.3) is 0 Å². The van der Waals surface area contributed by atoms with Crippen molar-refractivity contribution in [1.82, 2.24) is 0 Å². The van der Waals surface area contributed by atoms with Crippen molar-refractivity contribution in [2.45, 2.75) is 95.3 Å². The number of carbonyl (C=O) groups is 1. The lowest BCUT2D eigenvalue weighted by Crippen LogP contribution is -2.37. The number of rotatable bonds is 17. The number of aryl methyl sites for hydroxylation is 2. The van der Waals surface area contributed by atoms with Gasteiger partial charge in [-0.3, -0.25) is 9.35 Å². The van der Waals surface area contributed by atoms with Gasteiger partial charge in [-0.2, -0.15) is 13.0 Å². The molecule has 0 unspecified atom stereocenters. The number of quaternary nitrogens is 2. The smallest absolute Gasteiger partial charge is 0.303 e. The molecule has 0 fully saturated rings. The number of allylic oxidation sites excluding steroid dienone is 7. The number of hydrogen-bond donors (Lipinski definition) is 3. The number of carboxylic acid groups (broad SMARTS) is 1. The van der Waals surface area contributed by atoms with Crippen molar-refractivity contribution in [3.8, 4) is 0 Å². The molecule has 2 aliphatic heterocycles. The summed E-state index contributed by atoms with van der Waals surface area (Å²) in [6.07, 6.45) is 14.5. The molecule has 10 nitrogen and oxygen atoms in total. The first-order valence-corrected chi connectivity index (χ1v) is 24.0. The van der Waals surface area contributed by atoms with Crippen molar-refractivity contribution in [2.75, 3.05) is 78.7 Å². The monoisotopic (exact) mass is 879 g/mol. The summed E-state index contributed by atoms with van der Waals surface area (Å²) in [5, 5.41) is 13.1. The summed E-state index contributed by atoms with van der Waals surface area (Å²) in [5.74, 6) is -0.808. The maximum absolute atomic E-state index is 12.3. The third-order valence-corrected chi connectivity index (χ3v) is 13.7. The quantitative estimate of drug-likeness (QED) is 0.0705. The van der Waals surface area contributed by atoms with Gasteiger partial charge in [0, 0.05) is 65.3 Å². The van der Waals surface area contributed by atoms with E-state index in [1.807, 2.05) is 30.3 Å². The van der Waals surface area contributed by atoms with Crippen LogP contribution in [-0.4, -0.2) is 112 Å². The van der Waals surface area contributed by atoms with Crippen LogP contribution in [0.4, 0.5) is 17.1 Å². The Hall–Kier alpha value is -4.81. The van der Waals surface area contributed by atoms with E-state index in [1.165, 1.54) is 39.7 Å². The molecule has 1 aliphatic carbocycles. The topological polar surface area (TPSA) is 110 Å². The van der Waals surface area contributed by atoms with Crippen LogP contribution in [0.3, 0.4) is 0 Å². The number of hydrogen-bond acceptors (Lipinski definition) is 5. The summed E-state index contributed by atoms with van der Waals surface area (Å²) in [7, 11) is 8.94. The second-order valence-electron chi connectivity index (χ2n) is 20.9. The minimum absolute atomic E-state index is 0.0864. The summed E-state index contributed by atoms with van der Waals surface area (Å²) >= 11 is 0. The van der Waals surface area contributed by atoms with Gasteiger partial charge in [0.15, 0.2) is 12.3 Å². The second-order valence-corrected chi connectivity index (χ2v) is 22.3. The zero-order valence-electron chi connectivity index (χ0n) is 39.7. The van der Waals surface area contributed by atoms with Gasteiger partial charge in [-0.1, -0.05) is 55.8 Å². The van der Waals surface area contributed by atoms with E-state index < -0.39 is 21.5 Å². The average Bonchev–Trinajstić information content (AvgIpc) is 3.52. The molecule has 0 amide bonds. The molecule has 2 heterocycles. The number of nitrogens with zero attached hydrogens (tertiary/aromatic N) is 4. The Kier molecular flexibility index (Phi) is 13.9. The predicted molar refractivity (Wildman–Crippen MR) is 258 cm³/mol. The fraction of sp³-hybridized carbons (Fsp3) is 0.462. The highest BCUT2D eigenvalue weighted by molar-refractivity contribution is 7.85. The van der Waals surface area contributed by atoms with Crippen molar-refractivity contribution in [1.29, 1.82) is 0 Å². The van der Waals surface area contributed by atoms with Crippen LogP contribution in [0.1, 0.15) is 88.5 Å². The zero-order valence-corrected chi connectivity index (χ0v) is 40.5. The molecule has 0 radical (unpaired) electrons. The minimum Gasteiger partial charge on any atom is -0.481 e. The second kappa shape index (κ2) is 18.4. The number of fused-ring (bicyclic) bond motifs is 2. The van der Waals surface area contributed by atoms with Crippen molar-refractivity contribution >= 4 is 38.9 Å². The summed E-state index contributed by atoms with van der Waals surface area (Å²) in [5.41, 5.74) is 12.7. The molecule has 63 heavy (non-hydrogen) atoms. The first-order chi connectivity index (χ1) is 29.3. The van der Waals surface area contributed by atoms with Gasteiger partial charge in [-0.05, 0) is 105 Å². The van der Waals surface area contributed by atoms with Crippen molar-refractivity contribution in [3.63, 3.8) is 0 Å². The Labute approximate surface area is 377 Å². The fourth-order valence-corrected chi connectivity index (χ4v) is 9.93. The predicted octanol–water partition coefficient (Wildman–Crippen LogP) is 9.54. The Bertz CT molecular complexity index is 2490. The van der Waals surface area contributed by atoms with E-state index in [1.54, 1.807) is 6.07 Å². The van der Waals surface area contributed by atoms with Crippen molar-refractivity contribution in [3.05, 3.63) is 130 Å². The minimum atomic E-state index is -4.38. The molecule has 0 atom stereocenters. The van der Waals surface area contributed by atoms with E-state index in [-0.39, 0.29) is 16.7 Å². The van der Waals surface area contributed by atoms with Crippen LogP contribution >= 0.6 is 0 Å². The van der Waals surface area contributed by atoms with Crippen molar-refractivity contribution in [2.24, 2.45) is 0 Å². The maximum Gasteiger partial charge on any atom is 0.303 e. The van der Waals surface area contributed by atoms with Crippen LogP contribution in [0.5, 0.6) is 0 Å². The van der Waals surface area contributed by atoms with Gasteiger partial charge in [0.1, 0.15) is 0 Å². The van der Waals surface area contributed by atoms with Crippen molar-refractivity contribution < 1.29 is 36.4 Å². The highest BCUT2D eigenvalue weighted by Crippen LogP contribution is 2.48. The Morgan fingerprint density at radius 2 is 1.52 bits per heavy atom. The Morgan fingerprint density at radius 1 is 0.841 bits per heavy atom. The van der Waals surface area contributed by atoms with E-state index in [0.29, 0.717) is 6.42 Å². The van der Waals surface area contributed by atoms with Crippen LogP contribution in [0, 0.1) is 6.92 Å². The molecule has 0 saturated carbocycles. The van der Waals surface area contributed by atoms with Crippen LogP contribution < -0.4 is 10.2 Å². The molecule has 6 rings (SSSR count). The molecule has 0 saturated heterocycles. The fourth-order valence-electron chi connectivity index (χ4n) is 9.42. The first-order valence-electron chi connectivity index (χ1n) is 22.5. The highest BCUT2D eigenvalue weighted by atomic mass is 32.2. The van der Waals surface area contributed by atoms with Gasteiger partial charge in [0.25, 0.3) is 10.1 Å². The summed E-state index contributed by atoms with van der Waals surface area (Å²) in [6, 6.07) is 19.9.